The van der Waals surface area contributed by atoms with E-state index in [9.17, 15) is 8.78 Å². The summed E-state index contributed by atoms with van der Waals surface area (Å²) < 4.78 is 35.3. The summed E-state index contributed by atoms with van der Waals surface area (Å²) in [6.45, 7) is 8.55. The van der Waals surface area contributed by atoms with Gasteiger partial charge in [-0.2, -0.15) is 5.10 Å². The summed E-state index contributed by atoms with van der Waals surface area (Å²) in [6, 6.07) is 5.65. The highest BCUT2D eigenvalue weighted by Crippen LogP contribution is 2.32. The van der Waals surface area contributed by atoms with E-state index in [-0.39, 0.29) is 65.7 Å². The topological polar surface area (TPSA) is 75.7 Å². The first-order valence-corrected chi connectivity index (χ1v) is 9.90. The van der Waals surface area contributed by atoms with Crippen molar-refractivity contribution in [2.75, 3.05) is 0 Å². The summed E-state index contributed by atoms with van der Waals surface area (Å²) >= 11 is 0. The minimum Gasteiger partial charge on any atom is -0.473 e. The summed E-state index contributed by atoms with van der Waals surface area (Å²) in [5, 5.41) is 18.1. The van der Waals surface area contributed by atoms with Crippen LogP contribution in [0.1, 0.15) is 40.5 Å². The smallest absolute Gasteiger partial charge is 0.233 e. The van der Waals surface area contributed by atoms with E-state index in [1.54, 1.807) is 12.3 Å². The van der Waals surface area contributed by atoms with E-state index in [2.05, 4.69) is 53.4 Å². The van der Waals surface area contributed by atoms with Crippen LogP contribution in [0.3, 0.4) is 0 Å². The molecule has 2 N–H and O–H groups in total. The van der Waals surface area contributed by atoms with Gasteiger partial charge in [-0.25, -0.2) is 8.78 Å². The first-order valence-electron chi connectivity index (χ1n) is 9.90. The number of benzene rings is 1. The average Bonchev–Trinajstić information content (AvgIpc) is 3.14. The fourth-order valence-corrected chi connectivity index (χ4v) is 4.39. The SMILES string of the molecule is CC1(C)CC(Oc2ccc(-c3c(F)cc(-c4cn[nH]c4)cc3F)nn2)CC(C)(C)N1.Cl.Cl.Cl. The molecule has 1 aliphatic heterocycles. The summed E-state index contributed by atoms with van der Waals surface area (Å²) in [5.74, 6) is -1.08. The molecule has 182 valence electrons. The molecule has 1 saturated heterocycles. The molecule has 1 fully saturated rings. The Bertz CT molecular complexity index is 1010. The van der Waals surface area contributed by atoms with Gasteiger partial charge in [-0.05, 0) is 51.5 Å². The van der Waals surface area contributed by atoms with Crippen LogP contribution < -0.4 is 10.1 Å². The van der Waals surface area contributed by atoms with Crippen molar-refractivity contribution in [1.82, 2.24) is 25.7 Å². The van der Waals surface area contributed by atoms with Crippen molar-refractivity contribution in [1.29, 1.82) is 0 Å². The maximum absolute atomic E-state index is 14.7. The van der Waals surface area contributed by atoms with Gasteiger partial charge in [0, 0.05) is 41.7 Å². The number of hydrogen-bond donors (Lipinski definition) is 2. The number of halogens is 5. The van der Waals surface area contributed by atoms with E-state index in [0.29, 0.717) is 17.0 Å². The van der Waals surface area contributed by atoms with E-state index < -0.39 is 11.6 Å². The molecule has 3 aromatic rings. The number of piperidine rings is 1. The van der Waals surface area contributed by atoms with Crippen molar-refractivity contribution in [3.63, 3.8) is 0 Å². The predicted octanol–water partition coefficient (Wildman–Crippen LogP) is 5.77. The van der Waals surface area contributed by atoms with E-state index in [1.165, 1.54) is 24.4 Å². The van der Waals surface area contributed by atoms with Crippen LogP contribution >= 0.6 is 37.2 Å². The first-order chi connectivity index (χ1) is 14.1. The van der Waals surface area contributed by atoms with Crippen LogP contribution in [0.15, 0.2) is 36.7 Å². The van der Waals surface area contributed by atoms with Crippen LogP contribution in [0.5, 0.6) is 5.88 Å². The third-order valence-electron chi connectivity index (χ3n) is 5.21. The molecule has 1 aliphatic rings. The minimum absolute atomic E-state index is 0. The lowest BCUT2D eigenvalue weighted by molar-refractivity contribution is 0.0524. The van der Waals surface area contributed by atoms with Gasteiger partial charge in [-0.1, -0.05) is 0 Å². The molecule has 6 nitrogen and oxygen atoms in total. The Morgan fingerprint density at radius 2 is 1.52 bits per heavy atom. The molecule has 1 aromatic carbocycles. The number of rotatable bonds is 4. The Labute approximate surface area is 210 Å². The molecule has 0 saturated carbocycles. The number of ether oxygens (including phenoxy) is 1. The van der Waals surface area contributed by atoms with E-state index in [0.717, 1.165) is 12.8 Å². The molecule has 2 aromatic heterocycles. The third kappa shape index (κ3) is 6.76. The highest BCUT2D eigenvalue weighted by molar-refractivity contribution is 5.86. The number of hydrogen-bond acceptors (Lipinski definition) is 5. The molecule has 33 heavy (non-hydrogen) atoms. The van der Waals surface area contributed by atoms with Crippen molar-refractivity contribution < 1.29 is 13.5 Å². The van der Waals surface area contributed by atoms with Crippen molar-refractivity contribution in [2.24, 2.45) is 0 Å². The molecule has 0 aliphatic carbocycles. The summed E-state index contributed by atoms with van der Waals surface area (Å²) in [6.07, 6.45) is 4.68. The largest absolute Gasteiger partial charge is 0.473 e. The van der Waals surface area contributed by atoms with Crippen LogP contribution in [0.2, 0.25) is 0 Å². The van der Waals surface area contributed by atoms with Gasteiger partial charge in [0.05, 0.1) is 17.5 Å². The number of nitrogens with one attached hydrogen (secondary N) is 2. The number of aromatic amines is 1. The Hall–Kier alpha value is -2.00. The average molecular weight is 523 g/mol. The quantitative estimate of drug-likeness (QED) is 0.455. The van der Waals surface area contributed by atoms with Crippen molar-refractivity contribution in [3.05, 3.63) is 48.3 Å². The molecule has 4 rings (SSSR count). The second-order valence-corrected chi connectivity index (χ2v) is 9.10. The molecule has 3 heterocycles. The van der Waals surface area contributed by atoms with E-state index in [4.69, 9.17) is 4.74 Å². The van der Waals surface area contributed by atoms with Crippen molar-refractivity contribution in [3.8, 4) is 28.3 Å². The molecule has 11 heteroatoms. The molecule has 0 radical (unpaired) electrons. The lowest BCUT2D eigenvalue weighted by Crippen LogP contribution is -2.60. The van der Waals surface area contributed by atoms with Crippen LogP contribution in [0, 0.1) is 11.6 Å². The number of nitrogens with zero attached hydrogens (tertiary/aromatic N) is 3. The number of H-pyrrole nitrogens is 1. The Kier molecular flexibility index (Phi) is 9.63. The lowest BCUT2D eigenvalue weighted by atomic mass is 9.81. The zero-order chi connectivity index (χ0) is 21.5. The van der Waals surface area contributed by atoms with Crippen LogP contribution in [-0.4, -0.2) is 37.6 Å². The maximum Gasteiger partial charge on any atom is 0.233 e. The van der Waals surface area contributed by atoms with Crippen molar-refractivity contribution in [2.45, 2.75) is 57.7 Å². The second kappa shape index (κ2) is 11.0. The second-order valence-electron chi connectivity index (χ2n) is 9.10. The molecule has 0 bridgehead atoms. The summed E-state index contributed by atoms with van der Waals surface area (Å²) in [4.78, 5) is 0. The molecule has 0 amide bonds. The zero-order valence-corrected chi connectivity index (χ0v) is 21.1. The Balaban J connectivity index is 0.00000181. The van der Waals surface area contributed by atoms with E-state index in [1.807, 2.05) is 0 Å². The Morgan fingerprint density at radius 3 is 2.00 bits per heavy atom. The van der Waals surface area contributed by atoms with E-state index >= 15 is 0 Å². The molecule has 0 unspecified atom stereocenters. The van der Waals surface area contributed by atoms with Gasteiger partial charge in [0.25, 0.3) is 0 Å². The van der Waals surface area contributed by atoms with Gasteiger partial charge in [0.1, 0.15) is 17.7 Å². The minimum atomic E-state index is -0.712. The zero-order valence-electron chi connectivity index (χ0n) is 18.7. The predicted molar refractivity (Wildman–Crippen MR) is 132 cm³/mol. The monoisotopic (exact) mass is 521 g/mol. The molecular weight excluding hydrogens is 495 g/mol. The fourth-order valence-electron chi connectivity index (χ4n) is 4.39. The Morgan fingerprint density at radius 1 is 0.909 bits per heavy atom. The highest BCUT2D eigenvalue weighted by atomic mass is 35.5. The maximum atomic E-state index is 14.7. The van der Waals surface area contributed by atoms with Gasteiger partial charge in [-0.3, -0.25) is 5.10 Å². The van der Waals surface area contributed by atoms with Gasteiger partial charge >= 0.3 is 0 Å². The summed E-state index contributed by atoms with van der Waals surface area (Å²) in [7, 11) is 0. The standard InChI is InChI=1S/C22H25F2N5O.3ClH/c1-21(2)9-15(10-22(3,4)29-21)30-19-6-5-18(27-28-19)20-16(23)7-13(8-17(20)24)14-11-25-26-12-14;;;/h5-8,11-12,15,29H,9-10H2,1-4H3,(H,25,26);3*1H. The van der Waals surface area contributed by atoms with Gasteiger partial charge < -0.3 is 10.1 Å². The molecule has 0 spiro atoms. The van der Waals surface area contributed by atoms with Crippen LogP contribution in [0.25, 0.3) is 22.4 Å². The molecule has 0 atom stereocenters. The summed E-state index contributed by atoms with van der Waals surface area (Å²) in [5.41, 5.74) is 0.756. The van der Waals surface area contributed by atoms with Gasteiger partial charge in [0.15, 0.2) is 0 Å². The van der Waals surface area contributed by atoms with Crippen LogP contribution in [0.4, 0.5) is 8.78 Å². The van der Waals surface area contributed by atoms with Crippen molar-refractivity contribution >= 4 is 37.2 Å². The van der Waals surface area contributed by atoms with Gasteiger partial charge in [0.2, 0.25) is 5.88 Å². The lowest BCUT2D eigenvalue weighted by Gasteiger charge is -2.46. The third-order valence-corrected chi connectivity index (χ3v) is 5.21. The van der Waals surface area contributed by atoms with Gasteiger partial charge in [-0.15, -0.1) is 47.4 Å². The first kappa shape index (κ1) is 29.0. The van der Waals surface area contributed by atoms with Crippen LogP contribution in [-0.2, 0) is 0 Å². The highest BCUT2D eigenvalue weighted by Gasteiger charge is 2.38. The normalized spacial score (nSPS) is 16.7. The molecular formula is C22H28Cl3F2N5O. The fraction of sp³-hybridized carbons (Fsp3) is 0.409. The number of aromatic nitrogens is 4.